The fourth-order valence-corrected chi connectivity index (χ4v) is 5.74. The van der Waals surface area contributed by atoms with Gasteiger partial charge < -0.3 is 10.2 Å². The van der Waals surface area contributed by atoms with Crippen molar-refractivity contribution < 1.29 is 18.0 Å². The van der Waals surface area contributed by atoms with E-state index in [2.05, 4.69) is 5.32 Å². The number of carbonyl (C=O) groups is 2. The number of rotatable bonds is 12. The van der Waals surface area contributed by atoms with Crippen molar-refractivity contribution in [1.82, 2.24) is 10.2 Å². The van der Waals surface area contributed by atoms with E-state index in [1.165, 1.54) is 16.3 Å². The van der Waals surface area contributed by atoms with Crippen molar-refractivity contribution in [2.45, 2.75) is 38.8 Å². The van der Waals surface area contributed by atoms with E-state index in [1.807, 2.05) is 42.5 Å². The quantitative estimate of drug-likeness (QED) is 0.313. The molecular formula is C29H33Cl2N3O4S. The second kappa shape index (κ2) is 13.8. The lowest BCUT2D eigenvalue weighted by molar-refractivity contribution is -0.141. The summed E-state index contributed by atoms with van der Waals surface area (Å²) in [5.41, 5.74) is 2.83. The topological polar surface area (TPSA) is 86.8 Å². The number of anilines is 1. The van der Waals surface area contributed by atoms with Gasteiger partial charge in [-0.25, -0.2) is 8.42 Å². The van der Waals surface area contributed by atoms with Crippen molar-refractivity contribution in [2.24, 2.45) is 0 Å². The van der Waals surface area contributed by atoms with Crippen molar-refractivity contribution >= 4 is 50.7 Å². The van der Waals surface area contributed by atoms with Crippen molar-refractivity contribution in [2.75, 3.05) is 24.2 Å². The smallest absolute Gasteiger partial charge is 0.242 e. The van der Waals surface area contributed by atoms with Gasteiger partial charge in [-0.3, -0.25) is 13.9 Å². The first-order valence-electron chi connectivity index (χ1n) is 12.5. The number of aryl methyl sites for hydroxylation is 1. The van der Waals surface area contributed by atoms with Gasteiger partial charge in [0.05, 0.1) is 11.9 Å². The second-order valence-electron chi connectivity index (χ2n) is 9.30. The van der Waals surface area contributed by atoms with Crippen molar-refractivity contribution in [1.29, 1.82) is 0 Å². The van der Waals surface area contributed by atoms with Gasteiger partial charge in [0.25, 0.3) is 0 Å². The summed E-state index contributed by atoms with van der Waals surface area (Å²) in [5.74, 6) is -0.581. The largest absolute Gasteiger partial charge is 0.357 e. The Balaban J connectivity index is 1.87. The monoisotopic (exact) mass is 589 g/mol. The van der Waals surface area contributed by atoms with Gasteiger partial charge in [0.15, 0.2) is 0 Å². The van der Waals surface area contributed by atoms with Crippen LogP contribution in [0.25, 0.3) is 0 Å². The molecule has 0 fully saturated rings. The zero-order valence-corrected chi connectivity index (χ0v) is 24.6. The average Bonchev–Trinajstić information content (AvgIpc) is 2.90. The normalized spacial score (nSPS) is 12.0. The first kappa shape index (κ1) is 30.5. The first-order chi connectivity index (χ1) is 18.5. The molecule has 0 saturated heterocycles. The molecule has 7 nitrogen and oxygen atoms in total. The summed E-state index contributed by atoms with van der Waals surface area (Å²) in [4.78, 5) is 28.3. The fourth-order valence-electron chi connectivity index (χ4n) is 4.36. The molecule has 3 rings (SSSR count). The van der Waals surface area contributed by atoms with Gasteiger partial charge in [0.1, 0.15) is 6.04 Å². The molecule has 208 valence electrons. The maximum Gasteiger partial charge on any atom is 0.242 e. The molecule has 0 heterocycles. The Bertz CT molecular complexity index is 1400. The highest BCUT2D eigenvalue weighted by Crippen LogP contribution is 2.27. The van der Waals surface area contributed by atoms with Crippen molar-refractivity contribution in [3.05, 3.63) is 99.5 Å². The van der Waals surface area contributed by atoms with E-state index in [0.717, 1.165) is 17.4 Å². The van der Waals surface area contributed by atoms with Crippen LogP contribution in [0.2, 0.25) is 10.0 Å². The molecule has 0 aliphatic heterocycles. The molecule has 0 spiro atoms. The SMILES string of the molecule is CNC(=O)[C@H](Cc1ccccc1)N(Cc1ccccc1Cl)C(=O)CCCN(c1cc(Cl)ccc1C)S(C)(=O)=O. The summed E-state index contributed by atoms with van der Waals surface area (Å²) in [6.07, 6.45) is 1.70. The molecule has 0 bridgehead atoms. The third kappa shape index (κ3) is 8.46. The molecule has 39 heavy (non-hydrogen) atoms. The predicted molar refractivity (Wildman–Crippen MR) is 158 cm³/mol. The number of carbonyl (C=O) groups excluding carboxylic acids is 2. The Morgan fingerprint density at radius 2 is 1.64 bits per heavy atom. The van der Waals surface area contributed by atoms with E-state index in [9.17, 15) is 18.0 Å². The molecule has 1 atom stereocenters. The number of hydrogen-bond donors (Lipinski definition) is 1. The number of sulfonamides is 1. The lowest BCUT2D eigenvalue weighted by Crippen LogP contribution is -2.49. The summed E-state index contributed by atoms with van der Waals surface area (Å²) >= 11 is 12.6. The van der Waals surface area contributed by atoms with E-state index >= 15 is 0 Å². The van der Waals surface area contributed by atoms with E-state index in [4.69, 9.17) is 23.2 Å². The molecule has 10 heteroatoms. The summed E-state index contributed by atoms with van der Waals surface area (Å²) < 4.78 is 26.6. The fraction of sp³-hybridized carbons (Fsp3) is 0.310. The first-order valence-corrected chi connectivity index (χ1v) is 15.1. The third-order valence-corrected chi connectivity index (χ3v) is 8.19. The van der Waals surface area contributed by atoms with Crippen molar-refractivity contribution in [3.8, 4) is 0 Å². The van der Waals surface area contributed by atoms with Gasteiger partial charge >= 0.3 is 0 Å². The highest BCUT2D eigenvalue weighted by atomic mass is 35.5. The van der Waals surface area contributed by atoms with Gasteiger partial charge in [-0.2, -0.15) is 0 Å². The molecule has 0 aliphatic rings. The molecule has 0 unspecified atom stereocenters. The third-order valence-electron chi connectivity index (χ3n) is 6.41. The molecule has 0 aromatic heterocycles. The minimum atomic E-state index is -3.64. The summed E-state index contributed by atoms with van der Waals surface area (Å²) in [7, 11) is -2.10. The number of likely N-dealkylation sites (N-methyl/N-ethyl adjacent to an activating group) is 1. The Morgan fingerprint density at radius 3 is 2.28 bits per heavy atom. The van der Waals surface area contributed by atoms with Crippen LogP contribution in [0.4, 0.5) is 5.69 Å². The van der Waals surface area contributed by atoms with Crippen LogP contribution >= 0.6 is 23.2 Å². The zero-order valence-electron chi connectivity index (χ0n) is 22.2. The van der Waals surface area contributed by atoms with Gasteiger partial charge in [-0.1, -0.05) is 77.8 Å². The van der Waals surface area contributed by atoms with Gasteiger partial charge in [-0.05, 0) is 48.2 Å². The van der Waals surface area contributed by atoms with Crippen LogP contribution in [0.15, 0.2) is 72.8 Å². The molecule has 2 amide bonds. The van der Waals surface area contributed by atoms with Gasteiger partial charge in [0.2, 0.25) is 21.8 Å². The predicted octanol–water partition coefficient (Wildman–Crippen LogP) is 5.23. The number of halogens is 2. The van der Waals surface area contributed by atoms with Gasteiger partial charge in [0, 0.05) is 43.0 Å². The van der Waals surface area contributed by atoms with Crippen LogP contribution < -0.4 is 9.62 Å². The average molecular weight is 591 g/mol. The van der Waals surface area contributed by atoms with E-state index in [1.54, 1.807) is 37.3 Å². The minimum absolute atomic E-state index is 0.0262. The Labute approximate surface area is 240 Å². The van der Waals surface area contributed by atoms with Crippen LogP contribution in [0.1, 0.15) is 29.5 Å². The highest BCUT2D eigenvalue weighted by molar-refractivity contribution is 7.92. The Kier molecular flexibility index (Phi) is 10.8. The van der Waals surface area contributed by atoms with Gasteiger partial charge in [-0.15, -0.1) is 0 Å². The molecular weight excluding hydrogens is 557 g/mol. The maximum atomic E-state index is 13.7. The lowest BCUT2D eigenvalue weighted by atomic mass is 10.0. The van der Waals surface area contributed by atoms with E-state index in [0.29, 0.717) is 27.7 Å². The van der Waals surface area contributed by atoms with Crippen LogP contribution in [-0.4, -0.2) is 51.0 Å². The minimum Gasteiger partial charge on any atom is -0.357 e. The van der Waals surface area contributed by atoms with Crippen LogP contribution in [0.5, 0.6) is 0 Å². The summed E-state index contributed by atoms with van der Waals surface area (Å²) in [5, 5.41) is 3.59. The number of nitrogens with one attached hydrogen (secondary N) is 1. The molecule has 3 aromatic carbocycles. The van der Waals surface area contributed by atoms with Crippen LogP contribution in [-0.2, 0) is 32.6 Å². The Morgan fingerprint density at radius 1 is 0.974 bits per heavy atom. The molecule has 0 aliphatic carbocycles. The highest BCUT2D eigenvalue weighted by Gasteiger charge is 2.30. The number of nitrogens with zero attached hydrogens (tertiary/aromatic N) is 2. The number of benzene rings is 3. The lowest BCUT2D eigenvalue weighted by Gasteiger charge is -2.32. The molecule has 3 aromatic rings. The number of hydrogen-bond acceptors (Lipinski definition) is 4. The standard InChI is InChI=1S/C29H33Cl2N3O4S/c1-21-15-16-24(30)19-26(21)34(39(3,37)38)17-9-14-28(35)33(20-23-12-7-8-13-25(23)31)27(29(36)32-2)18-22-10-5-4-6-11-22/h4-8,10-13,15-16,19,27H,9,14,17-18,20H2,1-3H3,(H,32,36)/t27-/m0/s1. The zero-order chi connectivity index (χ0) is 28.6. The summed E-state index contributed by atoms with van der Waals surface area (Å²) in [6.45, 7) is 2.01. The molecule has 0 saturated carbocycles. The summed E-state index contributed by atoms with van der Waals surface area (Å²) in [6, 6.07) is 20.9. The van der Waals surface area contributed by atoms with Crippen LogP contribution in [0.3, 0.4) is 0 Å². The molecule has 1 N–H and O–H groups in total. The van der Waals surface area contributed by atoms with E-state index < -0.39 is 16.1 Å². The van der Waals surface area contributed by atoms with Crippen LogP contribution in [0, 0.1) is 6.92 Å². The molecule has 0 radical (unpaired) electrons. The second-order valence-corrected chi connectivity index (χ2v) is 12.1. The Hall–Kier alpha value is -3.07. The maximum absolute atomic E-state index is 13.7. The van der Waals surface area contributed by atoms with Crippen molar-refractivity contribution in [3.63, 3.8) is 0 Å². The van der Waals surface area contributed by atoms with E-state index in [-0.39, 0.29) is 37.7 Å². The number of amides is 2.